The van der Waals surface area contributed by atoms with Crippen LogP contribution in [0.1, 0.15) is 34.1 Å². The first-order valence-corrected chi connectivity index (χ1v) is 8.39. The molecule has 96 valence electrons. The molecule has 0 bridgehead atoms. The van der Waals surface area contributed by atoms with E-state index in [0.717, 1.165) is 0 Å². The molecule has 0 saturated carbocycles. The number of carbonyl (C=O) groups excluding carboxylic acids is 1. The van der Waals surface area contributed by atoms with Gasteiger partial charge in [0.1, 0.15) is 0 Å². The maximum absolute atomic E-state index is 11.4. The highest BCUT2D eigenvalue weighted by molar-refractivity contribution is 8.01. The van der Waals surface area contributed by atoms with Crippen LogP contribution in [0.4, 0.5) is 0 Å². The number of carbonyl (C=O) groups is 1. The molecule has 0 heterocycles. The zero-order chi connectivity index (χ0) is 12.7. The molecule has 16 heavy (non-hydrogen) atoms. The van der Waals surface area contributed by atoms with Crippen LogP contribution in [0.5, 0.6) is 0 Å². The van der Waals surface area contributed by atoms with Gasteiger partial charge in [0.15, 0.2) is 0 Å². The maximum atomic E-state index is 11.4. The molecule has 5 atom stereocenters. The van der Waals surface area contributed by atoms with Gasteiger partial charge in [0.2, 0.25) is 5.91 Å². The van der Waals surface area contributed by atoms with Crippen LogP contribution >= 0.6 is 17.3 Å². The van der Waals surface area contributed by atoms with Crippen molar-refractivity contribution in [2.24, 2.45) is 5.92 Å². The number of aliphatic hydroxyl groups excluding tert-OH is 1. The summed E-state index contributed by atoms with van der Waals surface area (Å²) in [6, 6.07) is 0.0521. The number of amides is 1. The van der Waals surface area contributed by atoms with E-state index in [1.807, 2.05) is 27.7 Å². The van der Waals surface area contributed by atoms with Crippen molar-refractivity contribution >= 4 is 23.3 Å². The van der Waals surface area contributed by atoms with Gasteiger partial charge in [-0.1, -0.05) is 22.8 Å². The molecule has 0 aromatic rings. The Kier molecular flexibility index (Phi) is 8.49. The standard InChI is InChI=1S/C10H24N2O2P2/c1-6(2)10(14)11-7(3)5-9(13)8(4)12-16-15/h6-9,12-13,16H,5,15H2,1-4H3,(H,11,14). The van der Waals surface area contributed by atoms with Gasteiger partial charge >= 0.3 is 0 Å². The fourth-order valence-corrected chi connectivity index (χ4v) is 2.51. The predicted molar refractivity (Wildman–Crippen MR) is 73.7 cm³/mol. The van der Waals surface area contributed by atoms with Crippen LogP contribution in [0.3, 0.4) is 0 Å². The maximum Gasteiger partial charge on any atom is 0.222 e. The zero-order valence-electron chi connectivity index (χ0n) is 10.4. The lowest BCUT2D eigenvalue weighted by Crippen LogP contribution is -2.41. The van der Waals surface area contributed by atoms with Crippen LogP contribution in [0.25, 0.3) is 0 Å². The highest BCUT2D eigenvalue weighted by Gasteiger charge is 2.18. The summed E-state index contributed by atoms with van der Waals surface area (Å²) in [4.78, 5) is 11.4. The summed E-state index contributed by atoms with van der Waals surface area (Å²) in [6.45, 7) is 7.58. The Balaban J connectivity index is 3.94. The molecule has 0 fully saturated rings. The molecular weight excluding hydrogens is 242 g/mol. The minimum Gasteiger partial charge on any atom is -0.391 e. The average Bonchev–Trinajstić information content (AvgIpc) is 2.17. The van der Waals surface area contributed by atoms with Gasteiger partial charge in [-0.2, -0.15) is 0 Å². The van der Waals surface area contributed by atoms with Crippen LogP contribution in [-0.2, 0) is 4.79 Å². The minimum atomic E-state index is -0.435. The molecule has 0 aliphatic heterocycles. The number of rotatable bonds is 7. The summed E-state index contributed by atoms with van der Waals surface area (Å²) >= 11 is 0. The molecular formula is C10H24N2O2P2. The largest absolute Gasteiger partial charge is 0.391 e. The van der Waals surface area contributed by atoms with Crippen molar-refractivity contribution < 1.29 is 9.90 Å². The number of aliphatic hydroxyl groups is 1. The summed E-state index contributed by atoms with van der Waals surface area (Å²) in [5.74, 6) is 0.0249. The SMILES string of the molecule is CC(CC(O)C(C)NPP)NC(=O)C(C)C. The highest BCUT2D eigenvalue weighted by Crippen LogP contribution is 2.17. The van der Waals surface area contributed by atoms with Crippen LogP contribution in [0.2, 0.25) is 0 Å². The van der Waals surface area contributed by atoms with Gasteiger partial charge in [0.05, 0.1) is 6.10 Å². The van der Waals surface area contributed by atoms with Crippen molar-refractivity contribution in [1.82, 2.24) is 10.4 Å². The lowest BCUT2D eigenvalue weighted by Gasteiger charge is -2.23. The molecule has 0 aliphatic rings. The van der Waals surface area contributed by atoms with E-state index >= 15 is 0 Å². The summed E-state index contributed by atoms with van der Waals surface area (Å²) < 4.78 is 0. The second-order valence-corrected chi connectivity index (χ2v) is 5.89. The number of hydrogen-bond donors (Lipinski definition) is 3. The second kappa shape index (κ2) is 8.36. The van der Waals surface area contributed by atoms with E-state index < -0.39 is 6.10 Å². The molecule has 0 aliphatic carbocycles. The van der Waals surface area contributed by atoms with Gasteiger partial charge in [0, 0.05) is 18.0 Å². The van der Waals surface area contributed by atoms with Gasteiger partial charge in [-0.05, 0) is 28.7 Å². The Hall–Kier alpha value is 0.250. The third-order valence-corrected chi connectivity index (χ3v) is 3.52. The van der Waals surface area contributed by atoms with E-state index in [4.69, 9.17) is 0 Å². The molecule has 4 nitrogen and oxygen atoms in total. The molecule has 0 saturated heterocycles. The van der Waals surface area contributed by atoms with Crippen LogP contribution in [0, 0.1) is 5.92 Å². The summed E-state index contributed by atoms with van der Waals surface area (Å²) in [5.41, 5.74) is 0. The molecule has 0 rings (SSSR count). The van der Waals surface area contributed by atoms with Crippen molar-refractivity contribution in [3.8, 4) is 0 Å². The Morgan fingerprint density at radius 2 is 1.94 bits per heavy atom. The Morgan fingerprint density at radius 1 is 1.38 bits per heavy atom. The van der Waals surface area contributed by atoms with E-state index in [2.05, 4.69) is 19.3 Å². The molecule has 1 amide bonds. The van der Waals surface area contributed by atoms with Crippen LogP contribution < -0.4 is 10.4 Å². The minimum absolute atomic E-state index is 0.00184. The number of hydrogen-bond acceptors (Lipinski definition) is 3. The summed E-state index contributed by atoms with van der Waals surface area (Å²) in [6.07, 6.45) is 0.136. The Morgan fingerprint density at radius 3 is 2.38 bits per heavy atom. The van der Waals surface area contributed by atoms with Crippen molar-refractivity contribution in [2.75, 3.05) is 0 Å². The van der Waals surface area contributed by atoms with Gasteiger partial charge in [0.25, 0.3) is 0 Å². The molecule has 3 N–H and O–H groups in total. The third-order valence-electron chi connectivity index (χ3n) is 2.40. The zero-order valence-corrected chi connectivity index (χ0v) is 12.6. The van der Waals surface area contributed by atoms with E-state index in [-0.39, 0.29) is 23.9 Å². The van der Waals surface area contributed by atoms with Crippen molar-refractivity contribution in [3.63, 3.8) is 0 Å². The van der Waals surface area contributed by atoms with E-state index in [1.54, 1.807) is 0 Å². The smallest absolute Gasteiger partial charge is 0.222 e. The number of nitrogens with one attached hydrogen (secondary N) is 2. The first kappa shape index (κ1) is 16.2. The van der Waals surface area contributed by atoms with Crippen LogP contribution in [-0.4, -0.2) is 29.2 Å². The van der Waals surface area contributed by atoms with Crippen molar-refractivity contribution in [2.45, 2.75) is 52.3 Å². The van der Waals surface area contributed by atoms with Gasteiger partial charge in [-0.15, -0.1) is 0 Å². The fourth-order valence-electron chi connectivity index (χ4n) is 1.26. The van der Waals surface area contributed by atoms with Gasteiger partial charge in [-0.25, -0.2) is 0 Å². The van der Waals surface area contributed by atoms with E-state index in [1.165, 1.54) is 0 Å². The topological polar surface area (TPSA) is 61.4 Å². The third kappa shape index (κ3) is 6.75. The Labute approximate surface area is 102 Å². The van der Waals surface area contributed by atoms with Crippen molar-refractivity contribution in [1.29, 1.82) is 0 Å². The normalized spacial score (nSPS) is 17.7. The van der Waals surface area contributed by atoms with Gasteiger partial charge < -0.3 is 10.4 Å². The molecule has 0 radical (unpaired) electrons. The molecule has 0 aromatic heterocycles. The first-order chi connectivity index (χ1) is 7.38. The predicted octanol–water partition coefficient (Wildman–Crippen LogP) is 1.26. The van der Waals surface area contributed by atoms with E-state index in [0.29, 0.717) is 14.8 Å². The lowest BCUT2D eigenvalue weighted by molar-refractivity contribution is -0.124. The molecule has 0 aromatic carbocycles. The Bertz CT molecular complexity index is 215. The average molecular weight is 266 g/mol. The second-order valence-electron chi connectivity index (χ2n) is 4.44. The highest BCUT2D eigenvalue weighted by atomic mass is 32.0. The first-order valence-electron chi connectivity index (χ1n) is 5.58. The molecule has 0 spiro atoms. The summed E-state index contributed by atoms with van der Waals surface area (Å²) in [5, 5.41) is 15.9. The van der Waals surface area contributed by atoms with Crippen molar-refractivity contribution in [3.05, 3.63) is 0 Å². The van der Waals surface area contributed by atoms with Crippen LogP contribution in [0.15, 0.2) is 0 Å². The monoisotopic (exact) mass is 266 g/mol. The molecule has 5 unspecified atom stereocenters. The fraction of sp³-hybridized carbons (Fsp3) is 0.900. The van der Waals surface area contributed by atoms with Gasteiger partial charge in [-0.3, -0.25) is 9.88 Å². The summed E-state index contributed by atoms with van der Waals surface area (Å²) in [7, 11) is 3.13. The quantitative estimate of drug-likeness (QED) is 0.608. The van der Waals surface area contributed by atoms with E-state index in [9.17, 15) is 9.90 Å². The lowest BCUT2D eigenvalue weighted by atomic mass is 10.0. The molecule has 6 heteroatoms.